The summed E-state index contributed by atoms with van der Waals surface area (Å²) in [7, 11) is -3.53. The Morgan fingerprint density at radius 2 is 1.93 bits per heavy atom. The molecule has 1 atom stereocenters. The Hall–Kier alpha value is -1.13. The van der Waals surface area contributed by atoms with Crippen LogP contribution in [0.15, 0.2) is 44.4 Å². The van der Waals surface area contributed by atoms with Gasteiger partial charge in [0.1, 0.15) is 9.96 Å². The summed E-state index contributed by atoms with van der Waals surface area (Å²) in [6.45, 7) is 2.85. The molecule has 0 saturated carbocycles. The summed E-state index contributed by atoms with van der Waals surface area (Å²) < 4.78 is 33.5. The molecule has 3 rings (SSSR count). The molecule has 1 aromatic carbocycles. The third-order valence-electron chi connectivity index (χ3n) is 4.15. The van der Waals surface area contributed by atoms with Crippen molar-refractivity contribution in [2.24, 2.45) is 0 Å². The molecule has 27 heavy (non-hydrogen) atoms. The standard InChI is InChI=1S/C17H18BrClN2O4S2/c1-12(25-14-4-2-3-13(19)11-14)17(22)20-7-9-21(10-8-20)27(23,24)16-6-5-15(18)26-16/h2-6,11-12H,7-10H2,1H3. The van der Waals surface area contributed by atoms with Crippen LogP contribution in [0.1, 0.15) is 6.92 Å². The monoisotopic (exact) mass is 492 g/mol. The molecule has 1 fully saturated rings. The van der Waals surface area contributed by atoms with Gasteiger partial charge in [0.05, 0.1) is 3.79 Å². The van der Waals surface area contributed by atoms with Crippen molar-refractivity contribution in [3.8, 4) is 5.75 Å². The van der Waals surface area contributed by atoms with Gasteiger partial charge in [-0.25, -0.2) is 8.42 Å². The van der Waals surface area contributed by atoms with E-state index in [2.05, 4.69) is 15.9 Å². The second kappa shape index (κ2) is 8.48. The Morgan fingerprint density at radius 1 is 1.22 bits per heavy atom. The fourth-order valence-electron chi connectivity index (χ4n) is 2.76. The third-order valence-corrected chi connectivity index (χ3v) is 8.37. The summed E-state index contributed by atoms with van der Waals surface area (Å²) in [4.78, 5) is 14.2. The topological polar surface area (TPSA) is 66.9 Å². The van der Waals surface area contributed by atoms with E-state index < -0.39 is 16.1 Å². The normalized spacial score (nSPS) is 16.9. The first-order chi connectivity index (χ1) is 12.8. The van der Waals surface area contributed by atoms with Gasteiger partial charge in [0.2, 0.25) is 0 Å². The molecule has 1 unspecified atom stereocenters. The number of benzene rings is 1. The van der Waals surface area contributed by atoms with Gasteiger partial charge >= 0.3 is 0 Å². The van der Waals surface area contributed by atoms with E-state index in [-0.39, 0.29) is 19.0 Å². The molecular weight excluding hydrogens is 476 g/mol. The lowest BCUT2D eigenvalue weighted by atomic mass is 10.2. The number of hydrogen-bond acceptors (Lipinski definition) is 5. The smallest absolute Gasteiger partial charge is 0.263 e. The van der Waals surface area contributed by atoms with E-state index in [0.717, 1.165) is 3.79 Å². The molecule has 146 valence electrons. The average Bonchev–Trinajstić information content (AvgIpc) is 3.08. The Balaban J connectivity index is 1.59. The second-order valence-corrected chi connectivity index (χ2v) is 11.1. The summed E-state index contributed by atoms with van der Waals surface area (Å²) in [6, 6.07) is 10.2. The number of sulfonamides is 1. The second-order valence-electron chi connectivity index (χ2n) is 6.01. The van der Waals surface area contributed by atoms with E-state index >= 15 is 0 Å². The lowest BCUT2D eigenvalue weighted by Crippen LogP contribution is -2.53. The van der Waals surface area contributed by atoms with Crippen LogP contribution in [0.25, 0.3) is 0 Å². The maximum Gasteiger partial charge on any atom is 0.263 e. The van der Waals surface area contributed by atoms with E-state index in [1.807, 2.05) is 0 Å². The minimum absolute atomic E-state index is 0.175. The lowest BCUT2D eigenvalue weighted by Gasteiger charge is -2.34. The molecule has 1 aliphatic heterocycles. The van der Waals surface area contributed by atoms with Gasteiger partial charge in [-0.2, -0.15) is 4.31 Å². The highest BCUT2D eigenvalue weighted by Gasteiger charge is 2.32. The molecule has 1 saturated heterocycles. The van der Waals surface area contributed by atoms with E-state index in [9.17, 15) is 13.2 Å². The van der Waals surface area contributed by atoms with Crippen molar-refractivity contribution < 1.29 is 17.9 Å². The van der Waals surface area contributed by atoms with Crippen molar-refractivity contribution in [1.29, 1.82) is 0 Å². The van der Waals surface area contributed by atoms with Crippen LogP contribution in [0.2, 0.25) is 5.02 Å². The molecule has 0 aliphatic carbocycles. The first-order valence-corrected chi connectivity index (χ1v) is 11.7. The number of halogens is 2. The molecule has 0 radical (unpaired) electrons. The molecule has 1 aromatic heterocycles. The molecule has 6 nitrogen and oxygen atoms in total. The van der Waals surface area contributed by atoms with Crippen LogP contribution in [0, 0.1) is 0 Å². The van der Waals surface area contributed by atoms with E-state index in [1.54, 1.807) is 48.2 Å². The third kappa shape index (κ3) is 4.83. The van der Waals surface area contributed by atoms with E-state index in [0.29, 0.717) is 28.1 Å². The largest absolute Gasteiger partial charge is 0.481 e. The highest BCUT2D eigenvalue weighted by molar-refractivity contribution is 9.11. The Bertz CT molecular complexity index is 927. The van der Waals surface area contributed by atoms with Gasteiger partial charge in [-0.1, -0.05) is 17.7 Å². The fraction of sp³-hybridized carbons (Fsp3) is 0.353. The summed E-state index contributed by atoms with van der Waals surface area (Å²) in [5.74, 6) is 0.346. The predicted molar refractivity (Wildman–Crippen MR) is 109 cm³/mol. The number of rotatable bonds is 5. The fourth-order valence-corrected chi connectivity index (χ4v) is 6.53. The number of nitrogens with zero attached hydrogens (tertiary/aromatic N) is 2. The van der Waals surface area contributed by atoms with Crippen molar-refractivity contribution in [2.75, 3.05) is 26.2 Å². The molecule has 2 heterocycles. The summed E-state index contributed by atoms with van der Waals surface area (Å²) >= 11 is 10.4. The zero-order valence-corrected chi connectivity index (χ0v) is 18.4. The van der Waals surface area contributed by atoms with Crippen LogP contribution in [-0.4, -0.2) is 55.8 Å². The van der Waals surface area contributed by atoms with Crippen molar-refractivity contribution >= 4 is 54.8 Å². The Kier molecular flexibility index (Phi) is 6.47. The quantitative estimate of drug-likeness (QED) is 0.640. The number of thiophene rings is 1. The number of amides is 1. The number of carbonyl (C=O) groups is 1. The van der Waals surface area contributed by atoms with Crippen LogP contribution in [0.3, 0.4) is 0 Å². The predicted octanol–water partition coefficient (Wildman–Crippen LogP) is 3.46. The van der Waals surface area contributed by atoms with Gasteiger partial charge in [-0.15, -0.1) is 11.3 Å². The maximum absolute atomic E-state index is 12.7. The minimum Gasteiger partial charge on any atom is -0.481 e. The summed E-state index contributed by atoms with van der Waals surface area (Å²) in [6.07, 6.45) is -0.681. The maximum atomic E-state index is 12.7. The first kappa shape index (κ1) is 20.6. The average molecular weight is 494 g/mol. The Morgan fingerprint density at radius 3 is 2.52 bits per heavy atom. The molecule has 10 heteroatoms. The van der Waals surface area contributed by atoms with Crippen LogP contribution in [0.5, 0.6) is 5.75 Å². The zero-order valence-electron chi connectivity index (χ0n) is 14.5. The first-order valence-electron chi connectivity index (χ1n) is 8.24. The number of ether oxygens (including phenoxy) is 1. The molecule has 0 N–H and O–H groups in total. The Labute approximate surface area is 175 Å². The van der Waals surface area contributed by atoms with E-state index in [4.69, 9.17) is 16.3 Å². The molecular formula is C17H18BrClN2O4S2. The van der Waals surface area contributed by atoms with Crippen molar-refractivity contribution in [3.05, 3.63) is 45.2 Å². The molecule has 1 amide bonds. The van der Waals surface area contributed by atoms with Crippen molar-refractivity contribution in [3.63, 3.8) is 0 Å². The number of piperazine rings is 1. The van der Waals surface area contributed by atoms with Gasteiger partial charge in [0.15, 0.2) is 6.10 Å². The number of hydrogen-bond donors (Lipinski definition) is 0. The lowest BCUT2D eigenvalue weighted by molar-refractivity contribution is -0.139. The van der Waals surface area contributed by atoms with Crippen molar-refractivity contribution in [1.82, 2.24) is 9.21 Å². The van der Waals surface area contributed by atoms with Gasteiger partial charge in [0.25, 0.3) is 15.9 Å². The molecule has 2 aromatic rings. The van der Waals surface area contributed by atoms with Crippen LogP contribution >= 0.6 is 38.9 Å². The van der Waals surface area contributed by atoms with Gasteiger partial charge in [0, 0.05) is 31.2 Å². The van der Waals surface area contributed by atoms with Gasteiger partial charge < -0.3 is 9.64 Å². The van der Waals surface area contributed by atoms with Gasteiger partial charge in [-0.05, 0) is 53.2 Å². The molecule has 0 bridgehead atoms. The molecule has 0 spiro atoms. The zero-order chi connectivity index (χ0) is 19.6. The SMILES string of the molecule is CC(Oc1cccc(Cl)c1)C(=O)N1CCN(S(=O)(=O)c2ccc(Br)s2)CC1. The van der Waals surface area contributed by atoms with Crippen LogP contribution < -0.4 is 4.74 Å². The van der Waals surface area contributed by atoms with Crippen LogP contribution in [0.4, 0.5) is 0 Å². The molecule has 1 aliphatic rings. The number of carbonyl (C=O) groups excluding carboxylic acids is 1. The van der Waals surface area contributed by atoms with Crippen molar-refractivity contribution in [2.45, 2.75) is 17.2 Å². The summed E-state index contributed by atoms with van der Waals surface area (Å²) in [5.41, 5.74) is 0. The highest BCUT2D eigenvalue weighted by atomic mass is 79.9. The van der Waals surface area contributed by atoms with E-state index in [1.165, 1.54) is 15.6 Å². The highest BCUT2D eigenvalue weighted by Crippen LogP contribution is 2.29. The van der Waals surface area contributed by atoms with Crippen LogP contribution in [-0.2, 0) is 14.8 Å². The van der Waals surface area contributed by atoms with Gasteiger partial charge in [-0.3, -0.25) is 4.79 Å². The minimum atomic E-state index is -3.53. The summed E-state index contributed by atoms with van der Waals surface area (Å²) in [5, 5.41) is 0.534.